The highest BCUT2D eigenvalue weighted by atomic mass is 16.5. The summed E-state index contributed by atoms with van der Waals surface area (Å²) in [4.78, 5) is 13.5. The van der Waals surface area contributed by atoms with Crippen LogP contribution in [0.2, 0.25) is 0 Å². The number of hydrogen-bond acceptors (Lipinski definition) is 7. The number of hydrogen-bond donors (Lipinski definition) is 0. The molecule has 3 heterocycles. The van der Waals surface area contributed by atoms with Crippen LogP contribution in [0.25, 0.3) is 0 Å². The van der Waals surface area contributed by atoms with Gasteiger partial charge >= 0.3 is 0 Å². The Morgan fingerprint density at radius 3 is 2.46 bits per heavy atom. The van der Waals surface area contributed by atoms with E-state index in [1.165, 1.54) is 0 Å². The van der Waals surface area contributed by atoms with Gasteiger partial charge in [-0.15, -0.1) is 0 Å². The standard InChI is InChI=1S/C17H27N5O2/c1-12(16-19-13(2)20-24-16)22-8-6-21(7-9-22)11-15-18-10-14(23-15)17(3,4)5/h10,12H,6-9,11H2,1-5H3/t12-/m1/s1. The first-order valence-electron chi connectivity index (χ1n) is 8.55. The van der Waals surface area contributed by atoms with Crippen LogP contribution in [0.5, 0.6) is 0 Å². The van der Waals surface area contributed by atoms with E-state index in [0.717, 1.165) is 44.4 Å². The summed E-state index contributed by atoms with van der Waals surface area (Å²) in [5.41, 5.74) is 0.00157. The van der Waals surface area contributed by atoms with Crippen molar-refractivity contribution in [2.24, 2.45) is 0 Å². The molecule has 2 aromatic heterocycles. The lowest BCUT2D eigenvalue weighted by atomic mass is 9.94. The fourth-order valence-corrected chi connectivity index (χ4v) is 2.87. The third-order valence-electron chi connectivity index (χ3n) is 4.51. The molecule has 0 bridgehead atoms. The normalized spacial score (nSPS) is 18.9. The van der Waals surface area contributed by atoms with E-state index in [0.29, 0.717) is 11.7 Å². The summed E-state index contributed by atoms with van der Waals surface area (Å²) < 4.78 is 11.2. The molecule has 0 aliphatic carbocycles. The van der Waals surface area contributed by atoms with E-state index in [4.69, 9.17) is 8.94 Å². The summed E-state index contributed by atoms with van der Waals surface area (Å²) in [6.45, 7) is 15.0. The van der Waals surface area contributed by atoms with E-state index >= 15 is 0 Å². The minimum absolute atomic E-state index is 0.00157. The summed E-state index contributed by atoms with van der Waals surface area (Å²) in [5.74, 6) is 3.13. The number of aryl methyl sites for hydroxylation is 1. The first-order valence-corrected chi connectivity index (χ1v) is 8.55. The molecule has 1 saturated heterocycles. The van der Waals surface area contributed by atoms with Crippen LogP contribution >= 0.6 is 0 Å². The lowest BCUT2D eigenvalue weighted by Gasteiger charge is -2.36. The Morgan fingerprint density at radius 2 is 1.92 bits per heavy atom. The Bertz CT molecular complexity index is 665. The molecule has 132 valence electrons. The molecule has 1 aliphatic rings. The van der Waals surface area contributed by atoms with E-state index in [-0.39, 0.29) is 11.5 Å². The van der Waals surface area contributed by atoms with Gasteiger partial charge in [0.05, 0.1) is 18.8 Å². The molecule has 0 aromatic carbocycles. The molecular formula is C17H27N5O2. The van der Waals surface area contributed by atoms with Gasteiger partial charge in [0.2, 0.25) is 11.8 Å². The quantitative estimate of drug-likeness (QED) is 0.851. The minimum Gasteiger partial charge on any atom is -0.444 e. The van der Waals surface area contributed by atoms with Crippen LogP contribution in [-0.2, 0) is 12.0 Å². The topological polar surface area (TPSA) is 71.4 Å². The predicted octanol–water partition coefficient (Wildman–Crippen LogP) is 2.54. The predicted molar refractivity (Wildman–Crippen MR) is 89.5 cm³/mol. The summed E-state index contributed by atoms with van der Waals surface area (Å²) >= 11 is 0. The van der Waals surface area contributed by atoms with E-state index in [9.17, 15) is 0 Å². The minimum atomic E-state index is 0.00157. The molecule has 24 heavy (non-hydrogen) atoms. The average Bonchev–Trinajstić information content (AvgIpc) is 3.16. The highest BCUT2D eigenvalue weighted by molar-refractivity contribution is 5.06. The Balaban J connectivity index is 1.53. The van der Waals surface area contributed by atoms with Gasteiger partial charge in [-0.2, -0.15) is 4.98 Å². The fraction of sp³-hybridized carbons (Fsp3) is 0.706. The third kappa shape index (κ3) is 3.84. The first kappa shape index (κ1) is 17.1. The average molecular weight is 333 g/mol. The van der Waals surface area contributed by atoms with Gasteiger partial charge in [-0.1, -0.05) is 25.9 Å². The van der Waals surface area contributed by atoms with E-state index in [1.54, 1.807) is 0 Å². The third-order valence-corrected chi connectivity index (χ3v) is 4.51. The van der Waals surface area contributed by atoms with Crippen LogP contribution in [0.4, 0.5) is 0 Å². The molecule has 0 unspecified atom stereocenters. The lowest BCUT2D eigenvalue weighted by molar-refractivity contribution is 0.0793. The smallest absolute Gasteiger partial charge is 0.243 e. The molecule has 7 nitrogen and oxygen atoms in total. The van der Waals surface area contributed by atoms with Crippen molar-refractivity contribution in [3.63, 3.8) is 0 Å². The van der Waals surface area contributed by atoms with Crippen molar-refractivity contribution in [1.29, 1.82) is 0 Å². The summed E-state index contributed by atoms with van der Waals surface area (Å²) in [6, 6.07) is 0.155. The zero-order valence-electron chi connectivity index (χ0n) is 15.2. The Hall–Kier alpha value is -1.73. The van der Waals surface area contributed by atoms with Gasteiger partial charge in [0.25, 0.3) is 0 Å². The van der Waals surface area contributed by atoms with Gasteiger partial charge in [-0.3, -0.25) is 9.80 Å². The van der Waals surface area contributed by atoms with Gasteiger partial charge in [0, 0.05) is 31.6 Å². The molecular weight excluding hydrogens is 306 g/mol. The van der Waals surface area contributed by atoms with Crippen molar-refractivity contribution in [1.82, 2.24) is 24.9 Å². The van der Waals surface area contributed by atoms with Crippen LogP contribution in [0, 0.1) is 6.92 Å². The van der Waals surface area contributed by atoms with Crippen LogP contribution in [0.15, 0.2) is 15.1 Å². The SMILES string of the molecule is Cc1noc([C@@H](C)N2CCN(Cc3ncc(C(C)(C)C)o3)CC2)n1. The molecule has 1 fully saturated rings. The van der Waals surface area contributed by atoms with Crippen molar-refractivity contribution in [3.05, 3.63) is 29.6 Å². The lowest BCUT2D eigenvalue weighted by Crippen LogP contribution is -2.46. The van der Waals surface area contributed by atoms with Gasteiger partial charge < -0.3 is 8.94 Å². The van der Waals surface area contributed by atoms with Gasteiger partial charge in [0.1, 0.15) is 5.76 Å². The monoisotopic (exact) mass is 333 g/mol. The fourth-order valence-electron chi connectivity index (χ4n) is 2.87. The first-order chi connectivity index (χ1) is 11.3. The van der Waals surface area contributed by atoms with Gasteiger partial charge in [-0.25, -0.2) is 4.98 Å². The summed E-state index contributed by atoms with van der Waals surface area (Å²) in [5, 5.41) is 3.88. The molecule has 0 radical (unpaired) electrons. The van der Waals surface area contributed by atoms with Crippen LogP contribution in [0.3, 0.4) is 0 Å². The molecule has 1 aliphatic heterocycles. The molecule has 1 atom stereocenters. The van der Waals surface area contributed by atoms with E-state index in [1.807, 2.05) is 13.1 Å². The maximum atomic E-state index is 5.90. The largest absolute Gasteiger partial charge is 0.444 e. The number of nitrogens with zero attached hydrogens (tertiary/aromatic N) is 5. The summed E-state index contributed by atoms with van der Waals surface area (Å²) in [7, 11) is 0. The van der Waals surface area contributed by atoms with Crippen molar-refractivity contribution >= 4 is 0 Å². The van der Waals surface area contributed by atoms with Crippen molar-refractivity contribution in [2.75, 3.05) is 26.2 Å². The Labute approximate surface area is 143 Å². The highest BCUT2D eigenvalue weighted by Crippen LogP contribution is 2.24. The molecule has 2 aromatic rings. The highest BCUT2D eigenvalue weighted by Gasteiger charge is 2.26. The van der Waals surface area contributed by atoms with Crippen molar-refractivity contribution in [3.8, 4) is 0 Å². The van der Waals surface area contributed by atoms with Gasteiger partial charge in [0.15, 0.2) is 5.82 Å². The van der Waals surface area contributed by atoms with Crippen LogP contribution in [0.1, 0.15) is 57.1 Å². The van der Waals surface area contributed by atoms with E-state index in [2.05, 4.69) is 52.6 Å². The second kappa shape index (κ2) is 6.64. The second-order valence-electron chi connectivity index (χ2n) is 7.54. The zero-order chi connectivity index (χ0) is 17.3. The van der Waals surface area contributed by atoms with Gasteiger partial charge in [-0.05, 0) is 13.8 Å². The van der Waals surface area contributed by atoms with Crippen molar-refractivity contribution < 1.29 is 8.94 Å². The van der Waals surface area contributed by atoms with Crippen LogP contribution < -0.4 is 0 Å². The molecule has 0 spiro atoms. The van der Waals surface area contributed by atoms with E-state index < -0.39 is 0 Å². The maximum Gasteiger partial charge on any atom is 0.243 e. The number of piperazine rings is 1. The molecule has 0 amide bonds. The van der Waals surface area contributed by atoms with Crippen LogP contribution in [-0.4, -0.2) is 51.1 Å². The molecule has 7 heteroatoms. The number of oxazole rings is 1. The maximum absolute atomic E-state index is 5.90. The molecule has 0 N–H and O–H groups in total. The molecule has 0 saturated carbocycles. The Kier molecular flexibility index (Phi) is 4.73. The zero-order valence-corrected chi connectivity index (χ0v) is 15.2. The van der Waals surface area contributed by atoms with Crippen molar-refractivity contribution in [2.45, 2.75) is 52.6 Å². The second-order valence-corrected chi connectivity index (χ2v) is 7.54. The Morgan fingerprint density at radius 1 is 1.21 bits per heavy atom. The number of aromatic nitrogens is 3. The molecule has 3 rings (SSSR count). The summed E-state index contributed by atoms with van der Waals surface area (Å²) in [6.07, 6.45) is 1.85. The number of rotatable bonds is 4.